The predicted molar refractivity (Wildman–Crippen MR) is 75.0 cm³/mol. The van der Waals surface area contributed by atoms with E-state index in [4.69, 9.17) is 10.2 Å². The molecule has 0 radical (unpaired) electrons. The van der Waals surface area contributed by atoms with Gasteiger partial charge in [-0.3, -0.25) is 4.79 Å². The summed E-state index contributed by atoms with van der Waals surface area (Å²) in [6.07, 6.45) is 8.47. The molecule has 1 aromatic rings. The van der Waals surface area contributed by atoms with Gasteiger partial charge in [0, 0.05) is 19.0 Å². The van der Waals surface area contributed by atoms with E-state index in [0.29, 0.717) is 18.0 Å². The summed E-state index contributed by atoms with van der Waals surface area (Å²) in [4.78, 5) is 12.3. The normalized spacial score (nSPS) is 18.2. The molecule has 3 N–H and O–H groups in total. The van der Waals surface area contributed by atoms with E-state index in [2.05, 4.69) is 5.32 Å². The second-order valence-electron chi connectivity index (χ2n) is 5.32. The number of rotatable bonds is 5. The van der Waals surface area contributed by atoms with Crippen LogP contribution in [0.5, 0.6) is 0 Å². The van der Waals surface area contributed by atoms with Crippen LogP contribution in [0.4, 0.5) is 0 Å². The highest BCUT2D eigenvalue weighted by molar-refractivity contribution is 5.95. The summed E-state index contributed by atoms with van der Waals surface area (Å²) in [6.45, 7) is 2.49. The first-order valence-electron chi connectivity index (χ1n) is 7.33. The Morgan fingerprint density at radius 1 is 1.47 bits per heavy atom. The van der Waals surface area contributed by atoms with Crippen molar-refractivity contribution in [3.8, 4) is 0 Å². The Hall–Kier alpha value is -1.29. The third kappa shape index (κ3) is 3.38. The summed E-state index contributed by atoms with van der Waals surface area (Å²) in [5, 5.41) is 3.09. The van der Waals surface area contributed by atoms with Crippen molar-refractivity contribution in [2.24, 2.45) is 11.7 Å². The first kappa shape index (κ1) is 14.1. The molecule has 0 aliphatic heterocycles. The average molecular weight is 264 g/mol. The lowest BCUT2D eigenvalue weighted by Crippen LogP contribution is -2.46. The quantitative estimate of drug-likeness (QED) is 0.858. The fourth-order valence-electron chi connectivity index (χ4n) is 2.97. The Labute approximate surface area is 114 Å². The highest BCUT2D eigenvalue weighted by Crippen LogP contribution is 2.26. The van der Waals surface area contributed by atoms with E-state index in [1.54, 1.807) is 12.3 Å². The van der Waals surface area contributed by atoms with Crippen LogP contribution in [0.1, 0.15) is 55.1 Å². The Morgan fingerprint density at radius 2 is 2.21 bits per heavy atom. The third-order valence-corrected chi connectivity index (χ3v) is 4.10. The fourth-order valence-corrected chi connectivity index (χ4v) is 2.97. The number of furan rings is 1. The zero-order valence-corrected chi connectivity index (χ0v) is 11.7. The van der Waals surface area contributed by atoms with Gasteiger partial charge in [-0.15, -0.1) is 0 Å². The molecule has 0 saturated heterocycles. The van der Waals surface area contributed by atoms with Gasteiger partial charge >= 0.3 is 0 Å². The number of carbonyl (C=O) groups is 1. The summed E-state index contributed by atoms with van der Waals surface area (Å²) in [5.41, 5.74) is 6.49. The summed E-state index contributed by atoms with van der Waals surface area (Å²) >= 11 is 0. The largest absolute Gasteiger partial charge is 0.469 e. The fraction of sp³-hybridized carbons (Fsp3) is 0.667. The standard InChI is InChI=1S/C15H24N2O2/c1-2-14-12(8-9-19-14)15(18)17-13(10-16)11-6-4-3-5-7-11/h8-9,11,13H,2-7,10,16H2,1H3,(H,17,18). The number of aryl methyl sites for hydroxylation is 1. The van der Waals surface area contributed by atoms with E-state index >= 15 is 0 Å². The molecule has 1 atom stereocenters. The summed E-state index contributed by atoms with van der Waals surface area (Å²) < 4.78 is 5.30. The second kappa shape index (κ2) is 6.75. The number of nitrogens with one attached hydrogen (secondary N) is 1. The maximum atomic E-state index is 12.3. The van der Waals surface area contributed by atoms with Crippen LogP contribution in [0.2, 0.25) is 0 Å². The van der Waals surface area contributed by atoms with Gasteiger partial charge in [0.25, 0.3) is 5.91 Å². The minimum Gasteiger partial charge on any atom is -0.469 e. The van der Waals surface area contributed by atoms with Crippen molar-refractivity contribution in [2.75, 3.05) is 6.54 Å². The van der Waals surface area contributed by atoms with Gasteiger partial charge in [0.15, 0.2) is 0 Å². The molecule has 1 saturated carbocycles. The van der Waals surface area contributed by atoms with Gasteiger partial charge in [0.2, 0.25) is 0 Å². The van der Waals surface area contributed by atoms with Crippen molar-refractivity contribution in [1.29, 1.82) is 0 Å². The topological polar surface area (TPSA) is 68.3 Å². The number of hydrogen-bond acceptors (Lipinski definition) is 3. The van der Waals surface area contributed by atoms with E-state index in [9.17, 15) is 4.79 Å². The van der Waals surface area contributed by atoms with E-state index in [-0.39, 0.29) is 11.9 Å². The number of nitrogens with two attached hydrogens (primary N) is 1. The molecule has 1 aromatic heterocycles. The van der Waals surface area contributed by atoms with Gasteiger partial charge in [-0.1, -0.05) is 26.2 Å². The molecule has 1 aliphatic carbocycles. The molecule has 2 rings (SSSR count). The van der Waals surface area contributed by atoms with Gasteiger partial charge in [0.1, 0.15) is 5.76 Å². The molecule has 4 nitrogen and oxygen atoms in total. The second-order valence-corrected chi connectivity index (χ2v) is 5.32. The maximum absolute atomic E-state index is 12.3. The Balaban J connectivity index is 1.99. The molecule has 1 amide bonds. The summed E-state index contributed by atoms with van der Waals surface area (Å²) in [7, 11) is 0. The minimum atomic E-state index is -0.0494. The van der Waals surface area contributed by atoms with Crippen LogP contribution in [0.3, 0.4) is 0 Å². The van der Waals surface area contributed by atoms with E-state index in [1.807, 2.05) is 6.92 Å². The number of carbonyl (C=O) groups excluding carboxylic acids is 1. The van der Waals surface area contributed by atoms with Crippen LogP contribution in [-0.2, 0) is 6.42 Å². The zero-order valence-electron chi connectivity index (χ0n) is 11.7. The smallest absolute Gasteiger partial charge is 0.255 e. The van der Waals surface area contributed by atoms with Crippen molar-refractivity contribution >= 4 is 5.91 Å². The Morgan fingerprint density at radius 3 is 2.84 bits per heavy atom. The Kier molecular flexibility index (Phi) is 5.02. The van der Waals surface area contributed by atoms with Crippen LogP contribution in [0.15, 0.2) is 16.7 Å². The highest BCUT2D eigenvalue weighted by Gasteiger charge is 2.25. The maximum Gasteiger partial charge on any atom is 0.255 e. The average Bonchev–Trinajstić information content (AvgIpc) is 2.94. The van der Waals surface area contributed by atoms with E-state index in [1.165, 1.54) is 32.1 Å². The lowest BCUT2D eigenvalue weighted by Gasteiger charge is -2.30. The molecule has 1 unspecified atom stereocenters. The predicted octanol–water partition coefficient (Wildman–Crippen LogP) is 2.48. The molecule has 19 heavy (non-hydrogen) atoms. The van der Waals surface area contributed by atoms with Crippen molar-refractivity contribution in [3.63, 3.8) is 0 Å². The molecule has 1 aliphatic rings. The van der Waals surface area contributed by atoms with Gasteiger partial charge in [-0.2, -0.15) is 0 Å². The molecule has 0 spiro atoms. The van der Waals surface area contributed by atoms with Crippen LogP contribution in [0.25, 0.3) is 0 Å². The van der Waals surface area contributed by atoms with Crippen LogP contribution >= 0.6 is 0 Å². The summed E-state index contributed by atoms with van der Waals surface area (Å²) in [6, 6.07) is 1.83. The molecule has 1 fully saturated rings. The third-order valence-electron chi connectivity index (χ3n) is 4.10. The monoisotopic (exact) mass is 264 g/mol. The first-order chi connectivity index (χ1) is 9.26. The number of hydrogen-bond donors (Lipinski definition) is 2. The molecule has 106 valence electrons. The summed E-state index contributed by atoms with van der Waals surface area (Å²) in [5.74, 6) is 1.23. The van der Waals surface area contributed by atoms with E-state index in [0.717, 1.165) is 12.2 Å². The van der Waals surface area contributed by atoms with Gasteiger partial charge in [0.05, 0.1) is 11.8 Å². The van der Waals surface area contributed by atoms with E-state index < -0.39 is 0 Å². The van der Waals surface area contributed by atoms with Crippen LogP contribution in [0, 0.1) is 5.92 Å². The van der Waals surface area contributed by atoms with Gasteiger partial charge < -0.3 is 15.5 Å². The van der Waals surface area contributed by atoms with Crippen molar-refractivity contribution in [3.05, 3.63) is 23.7 Å². The van der Waals surface area contributed by atoms with Crippen molar-refractivity contribution in [2.45, 2.75) is 51.5 Å². The molecule has 4 heteroatoms. The Bertz CT molecular complexity index is 408. The van der Waals surface area contributed by atoms with Crippen molar-refractivity contribution in [1.82, 2.24) is 5.32 Å². The molecular weight excluding hydrogens is 240 g/mol. The lowest BCUT2D eigenvalue weighted by molar-refractivity contribution is 0.0913. The SMILES string of the molecule is CCc1occc1C(=O)NC(CN)C1CCCCC1. The van der Waals surface area contributed by atoms with Crippen LogP contribution < -0.4 is 11.1 Å². The van der Waals surface area contributed by atoms with Gasteiger partial charge in [-0.25, -0.2) is 0 Å². The highest BCUT2D eigenvalue weighted by atomic mass is 16.3. The zero-order chi connectivity index (χ0) is 13.7. The molecule has 0 bridgehead atoms. The first-order valence-corrected chi connectivity index (χ1v) is 7.33. The number of amides is 1. The lowest BCUT2D eigenvalue weighted by atomic mass is 9.84. The molecular formula is C15H24N2O2. The minimum absolute atomic E-state index is 0.0494. The van der Waals surface area contributed by atoms with Crippen molar-refractivity contribution < 1.29 is 9.21 Å². The van der Waals surface area contributed by atoms with Gasteiger partial charge in [-0.05, 0) is 24.8 Å². The molecule has 1 heterocycles. The van der Waals surface area contributed by atoms with Crippen LogP contribution in [-0.4, -0.2) is 18.5 Å². The molecule has 0 aromatic carbocycles.